The summed E-state index contributed by atoms with van der Waals surface area (Å²) in [4.78, 5) is 37.4. The van der Waals surface area contributed by atoms with E-state index in [1.54, 1.807) is 32.9 Å². The van der Waals surface area contributed by atoms with Gasteiger partial charge in [0.05, 0.1) is 18.8 Å². The maximum absolute atomic E-state index is 12.5. The second kappa shape index (κ2) is 8.52. The number of nitrogens with zero attached hydrogens (tertiary/aromatic N) is 5. The number of rotatable bonds is 6. The minimum atomic E-state index is -0.0285. The van der Waals surface area contributed by atoms with Crippen molar-refractivity contribution in [3.63, 3.8) is 0 Å². The summed E-state index contributed by atoms with van der Waals surface area (Å²) in [5.41, 5.74) is 0.784. The Bertz CT molecular complexity index is 989. The Morgan fingerprint density at radius 3 is 2.71 bits per heavy atom. The number of amides is 1. The van der Waals surface area contributed by atoms with Crippen LogP contribution in [0.5, 0.6) is 0 Å². The lowest BCUT2D eigenvalue weighted by atomic mass is 10.2. The van der Waals surface area contributed by atoms with Gasteiger partial charge in [0.2, 0.25) is 5.91 Å². The number of fused-ring (bicyclic) bond motifs is 1. The first kappa shape index (κ1) is 19.3. The lowest BCUT2D eigenvalue weighted by molar-refractivity contribution is -0.132. The third kappa shape index (κ3) is 4.49. The third-order valence-corrected chi connectivity index (χ3v) is 6.58. The highest BCUT2D eigenvalue weighted by Crippen LogP contribution is 2.12. The maximum atomic E-state index is 12.5. The van der Waals surface area contributed by atoms with Crippen LogP contribution in [-0.4, -0.2) is 69.8 Å². The Balaban J connectivity index is 1.27. The zero-order chi connectivity index (χ0) is 19.5. The Morgan fingerprint density at radius 2 is 1.96 bits per heavy atom. The van der Waals surface area contributed by atoms with E-state index in [2.05, 4.69) is 20.9 Å². The first-order valence-corrected chi connectivity index (χ1v) is 11.0. The summed E-state index contributed by atoms with van der Waals surface area (Å²) in [6, 6.07) is 5.69. The van der Waals surface area contributed by atoms with Crippen molar-refractivity contribution in [1.82, 2.24) is 24.1 Å². The molecule has 1 aliphatic rings. The molecule has 9 heteroatoms. The average molecular weight is 418 g/mol. The van der Waals surface area contributed by atoms with Crippen LogP contribution in [0.3, 0.4) is 0 Å². The van der Waals surface area contributed by atoms with E-state index in [1.165, 1.54) is 16.2 Å². The average Bonchev–Trinajstić information content (AvgIpc) is 3.35. The molecule has 7 nitrogen and oxygen atoms in total. The number of hydrogen-bond donors (Lipinski definition) is 0. The molecule has 0 aromatic carbocycles. The first-order valence-electron chi connectivity index (χ1n) is 9.25. The molecule has 0 radical (unpaired) electrons. The van der Waals surface area contributed by atoms with Gasteiger partial charge in [-0.25, -0.2) is 4.98 Å². The van der Waals surface area contributed by atoms with Gasteiger partial charge >= 0.3 is 0 Å². The van der Waals surface area contributed by atoms with Crippen LogP contribution < -0.4 is 5.56 Å². The van der Waals surface area contributed by atoms with Gasteiger partial charge in [-0.1, -0.05) is 6.07 Å². The molecule has 1 saturated heterocycles. The number of carbonyl (C=O) groups is 1. The summed E-state index contributed by atoms with van der Waals surface area (Å²) in [5, 5.41) is 3.91. The summed E-state index contributed by atoms with van der Waals surface area (Å²) >= 11 is 3.15. The van der Waals surface area contributed by atoms with Crippen LogP contribution in [0.1, 0.15) is 10.6 Å². The number of likely N-dealkylation sites (N-methyl/N-ethyl adjacent to an activating group) is 1. The van der Waals surface area contributed by atoms with Crippen molar-refractivity contribution in [2.45, 2.75) is 13.1 Å². The second-order valence-electron chi connectivity index (χ2n) is 7.02. The van der Waals surface area contributed by atoms with E-state index in [0.29, 0.717) is 19.6 Å². The maximum Gasteiger partial charge on any atom is 0.258 e. The van der Waals surface area contributed by atoms with Gasteiger partial charge in [0.15, 0.2) is 4.96 Å². The number of piperazine rings is 1. The molecule has 4 heterocycles. The Morgan fingerprint density at radius 1 is 1.18 bits per heavy atom. The topological polar surface area (TPSA) is 61.2 Å². The number of carbonyl (C=O) groups excluding carboxylic acids is 1. The van der Waals surface area contributed by atoms with Crippen LogP contribution in [0, 0.1) is 0 Å². The highest BCUT2D eigenvalue weighted by molar-refractivity contribution is 7.15. The molecule has 3 aromatic heterocycles. The van der Waals surface area contributed by atoms with Crippen LogP contribution in [0.2, 0.25) is 0 Å². The third-order valence-electron chi connectivity index (χ3n) is 4.96. The van der Waals surface area contributed by atoms with Crippen molar-refractivity contribution in [2.24, 2.45) is 0 Å². The van der Waals surface area contributed by atoms with Gasteiger partial charge in [-0.15, -0.1) is 22.7 Å². The molecule has 1 fully saturated rings. The molecular weight excluding hydrogens is 394 g/mol. The molecule has 0 bridgehead atoms. The molecule has 0 N–H and O–H groups in total. The van der Waals surface area contributed by atoms with Gasteiger partial charge < -0.3 is 4.90 Å². The van der Waals surface area contributed by atoms with Crippen molar-refractivity contribution in [3.8, 4) is 0 Å². The van der Waals surface area contributed by atoms with Gasteiger partial charge in [-0.3, -0.25) is 23.8 Å². The van der Waals surface area contributed by atoms with E-state index in [9.17, 15) is 9.59 Å². The van der Waals surface area contributed by atoms with Crippen LogP contribution in [0.15, 0.2) is 40.0 Å². The predicted octanol–water partition coefficient (Wildman–Crippen LogP) is 1.59. The van der Waals surface area contributed by atoms with Crippen molar-refractivity contribution in [2.75, 3.05) is 39.8 Å². The SMILES string of the molecule is CN(Cc1cccs1)C(=O)CN1CCN(Cc2cc(=O)n3ccsc3n2)CC1. The zero-order valence-electron chi connectivity index (χ0n) is 15.8. The van der Waals surface area contributed by atoms with Crippen molar-refractivity contribution >= 4 is 33.5 Å². The highest BCUT2D eigenvalue weighted by Gasteiger charge is 2.21. The van der Waals surface area contributed by atoms with Gasteiger partial charge in [-0.05, 0) is 11.4 Å². The zero-order valence-corrected chi connectivity index (χ0v) is 17.4. The number of thiophene rings is 1. The Hall–Kier alpha value is -2.07. The van der Waals surface area contributed by atoms with Crippen LogP contribution in [0.25, 0.3) is 4.96 Å². The van der Waals surface area contributed by atoms with Crippen LogP contribution in [0.4, 0.5) is 0 Å². The fraction of sp³-hybridized carbons (Fsp3) is 0.421. The second-order valence-corrected chi connectivity index (χ2v) is 8.93. The fourth-order valence-corrected chi connectivity index (χ4v) is 4.84. The van der Waals surface area contributed by atoms with E-state index in [4.69, 9.17) is 0 Å². The number of hydrogen-bond acceptors (Lipinski definition) is 7. The summed E-state index contributed by atoms with van der Waals surface area (Å²) in [7, 11) is 1.86. The Kier molecular flexibility index (Phi) is 5.86. The molecule has 28 heavy (non-hydrogen) atoms. The molecule has 0 atom stereocenters. The molecule has 0 spiro atoms. The molecular formula is C19H23N5O2S2. The minimum Gasteiger partial charge on any atom is -0.340 e. The van der Waals surface area contributed by atoms with Crippen molar-refractivity contribution in [3.05, 3.63) is 56.1 Å². The molecule has 1 amide bonds. The van der Waals surface area contributed by atoms with Gasteiger partial charge in [0.25, 0.3) is 5.56 Å². The monoisotopic (exact) mass is 417 g/mol. The standard InChI is InChI=1S/C19H23N5O2S2/c1-21(13-16-3-2-9-27-16)18(26)14-23-6-4-22(5-7-23)12-15-11-17(25)24-8-10-28-19(24)20-15/h2-3,8-11H,4-7,12-14H2,1H3. The van der Waals surface area contributed by atoms with Gasteiger partial charge in [0, 0.05) is 62.3 Å². The molecule has 148 valence electrons. The lowest BCUT2D eigenvalue weighted by Crippen LogP contribution is -2.49. The highest BCUT2D eigenvalue weighted by atomic mass is 32.1. The minimum absolute atomic E-state index is 0.0285. The van der Waals surface area contributed by atoms with Crippen LogP contribution in [-0.2, 0) is 17.9 Å². The number of thiazole rings is 1. The summed E-state index contributed by atoms with van der Waals surface area (Å²) in [6.07, 6.45) is 1.75. The van der Waals surface area contributed by atoms with Crippen molar-refractivity contribution < 1.29 is 4.79 Å². The summed E-state index contributed by atoms with van der Waals surface area (Å²) < 4.78 is 1.57. The Labute approximate surface area is 171 Å². The smallest absolute Gasteiger partial charge is 0.258 e. The van der Waals surface area contributed by atoms with Crippen LogP contribution >= 0.6 is 22.7 Å². The molecule has 0 saturated carbocycles. The quantitative estimate of drug-likeness (QED) is 0.610. The van der Waals surface area contributed by atoms with E-state index >= 15 is 0 Å². The van der Waals surface area contributed by atoms with Gasteiger partial charge in [-0.2, -0.15) is 0 Å². The molecule has 0 unspecified atom stereocenters. The molecule has 4 rings (SSSR count). The molecule has 0 aliphatic carbocycles. The normalized spacial score (nSPS) is 15.9. The lowest BCUT2D eigenvalue weighted by Gasteiger charge is -2.34. The van der Waals surface area contributed by atoms with Crippen molar-refractivity contribution in [1.29, 1.82) is 0 Å². The van der Waals surface area contributed by atoms with E-state index in [-0.39, 0.29) is 11.5 Å². The summed E-state index contributed by atoms with van der Waals surface area (Å²) in [5.74, 6) is 0.152. The fourth-order valence-electron chi connectivity index (χ4n) is 3.34. The predicted molar refractivity (Wildman–Crippen MR) is 112 cm³/mol. The van der Waals surface area contributed by atoms with E-state index < -0.39 is 0 Å². The summed E-state index contributed by atoms with van der Waals surface area (Å²) in [6.45, 7) is 5.22. The molecule has 1 aliphatic heterocycles. The van der Waals surface area contributed by atoms with E-state index in [1.807, 2.05) is 23.9 Å². The van der Waals surface area contributed by atoms with E-state index in [0.717, 1.165) is 36.8 Å². The number of aromatic nitrogens is 2. The largest absolute Gasteiger partial charge is 0.340 e. The first-order chi connectivity index (χ1) is 13.6. The molecule has 3 aromatic rings. The van der Waals surface area contributed by atoms with Gasteiger partial charge in [0.1, 0.15) is 0 Å².